The van der Waals surface area contributed by atoms with Crippen molar-refractivity contribution in [3.05, 3.63) is 35.7 Å². The van der Waals surface area contributed by atoms with Crippen LogP contribution in [0.3, 0.4) is 0 Å². The van der Waals surface area contributed by atoms with E-state index in [0.29, 0.717) is 23.5 Å². The molecular weight excluding hydrogens is 202 g/mol. The minimum atomic E-state index is -0.123. The Morgan fingerprint density at radius 2 is 2.38 bits per heavy atom. The summed E-state index contributed by atoms with van der Waals surface area (Å²) in [7, 11) is 0. The fraction of sp³-hybridized carbons (Fsp3) is 0.333. The number of aryl methyl sites for hydroxylation is 1. The zero-order valence-electron chi connectivity index (χ0n) is 9.66. The molecule has 0 fully saturated rings. The normalized spacial score (nSPS) is 10.6. The first-order valence-corrected chi connectivity index (χ1v) is 5.26. The highest BCUT2D eigenvalue weighted by molar-refractivity contribution is 5.95. The molecular formula is C12H17N3O. The van der Waals surface area contributed by atoms with Gasteiger partial charge >= 0.3 is 0 Å². The number of nitrogen functional groups attached to an aromatic ring is 1. The summed E-state index contributed by atoms with van der Waals surface area (Å²) in [6, 6.07) is 1.65. The number of pyridine rings is 1. The lowest BCUT2D eigenvalue weighted by molar-refractivity contribution is 0.0953. The van der Waals surface area contributed by atoms with E-state index in [9.17, 15) is 4.79 Å². The highest BCUT2D eigenvalue weighted by Crippen LogP contribution is 2.09. The molecule has 0 saturated heterocycles. The van der Waals surface area contributed by atoms with E-state index in [2.05, 4.69) is 10.3 Å². The van der Waals surface area contributed by atoms with Crippen molar-refractivity contribution < 1.29 is 4.79 Å². The fourth-order valence-corrected chi connectivity index (χ4v) is 1.31. The number of anilines is 1. The van der Waals surface area contributed by atoms with E-state index in [-0.39, 0.29) is 5.91 Å². The molecule has 0 spiro atoms. The van der Waals surface area contributed by atoms with Crippen LogP contribution in [0.5, 0.6) is 0 Å². The van der Waals surface area contributed by atoms with Crippen molar-refractivity contribution in [1.29, 1.82) is 0 Å². The van der Waals surface area contributed by atoms with Crippen molar-refractivity contribution in [2.24, 2.45) is 0 Å². The Morgan fingerprint density at radius 3 is 3.06 bits per heavy atom. The molecule has 0 radical (unpaired) electrons. The van der Waals surface area contributed by atoms with Crippen LogP contribution in [0.25, 0.3) is 0 Å². The maximum Gasteiger partial charge on any atom is 0.253 e. The second-order valence-corrected chi connectivity index (χ2v) is 3.52. The molecule has 4 heteroatoms. The molecule has 0 unspecified atom stereocenters. The number of hydrogen-bond acceptors (Lipinski definition) is 3. The van der Waals surface area contributed by atoms with Gasteiger partial charge in [0.25, 0.3) is 5.91 Å². The lowest BCUT2D eigenvalue weighted by Gasteiger charge is -2.06. The van der Waals surface area contributed by atoms with Crippen LogP contribution in [-0.4, -0.2) is 17.4 Å². The number of nitrogens with two attached hydrogens (primary N) is 1. The summed E-state index contributed by atoms with van der Waals surface area (Å²) in [5.41, 5.74) is 7.33. The number of carbonyl (C=O) groups is 1. The van der Waals surface area contributed by atoms with E-state index in [4.69, 9.17) is 5.73 Å². The Kier molecular flexibility index (Phi) is 4.51. The molecule has 0 atom stereocenters. The van der Waals surface area contributed by atoms with Gasteiger partial charge in [-0.3, -0.25) is 9.78 Å². The first-order chi connectivity index (χ1) is 7.65. The van der Waals surface area contributed by atoms with Crippen LogP contribution in [-0.2, 0) is 0 Å². The van der Waals surface area contributed by atoms with Gasteiger partial charge in [0.05, 0.1) is 23.1 Å². The molecule has 16 heavy (non-hydrogen) atoms. The zero-order valence-corrected chi connectivity index (χ0v) is 9.66. The summed E-state index contributed by atoms with van der Waals surface area (Å²) in [6.45, 7) is 4.37. The smallest absolute Gasteiger partial charge is 0.253 e. The number of hydrogen-bond donors (Lipinski definition) is 2. The second kappa shape index (κ2) is 5.90. The topological polar surface area (TPSA) is 68.0 Å². The monoisotopic (exact) mass is 219 g/mol. The molecule has 0 aromatic carbocycles. The summed E-state index contributed by atoms with van der Waals surface area (Å²) >= 11 is 0. The van der Waals surface area contributed by atoms with Crippen LogP contribution in [0, 0.1) is 6.92 Å². The molecule has 0 aliphatic heterocycles. The van der Waals surface area contributed by atoms with Crippen LogP contribution in [0.1, 0.15) is 29.4 Å². The average Bonchev–Trinajstić information content (AvgIpc) is 2.27. The summed E-state index contributed by atoms with van der Waals surface area (Å²) < 4.78 is 0. The van der Waals surface area contributed by atoms with Crippen LogP contribution in [0.15, 0.2) is 24.4 Å². The predicted molar refractivity (Wildman–Crippen MR) is 65.2 cm³/mol. The third kappa shape index (κ3) is 3.38. The standard InChI is InChI=1S/C12H17N3O/c1-3-4-5-6-14-12(16)11-7-10(13)8-15-9(11)2/h3-4,7-8H,5-6,13H2,1-2H3,(H,14,16)/b4-3+. The van der Waals surface area contributed by atoms with Gasteiger partial charge in [-0.05, 0) is 26.3 Å². The van der Waals surface area contributed by atoms with Crippen molar-refractivity contribution in [3.8, 4) is 0 Å². The van der Waals surface area contributed by atoms with Crippen LogP contribution in [0.4, 0.5) is 5.69 Å². The van der Waals surface area contributed by atoms with E-state index < -0.39 is 0 Å². The lowest BCUT2D eigenvalue weighted by atomic mass is 10.2. The number of amides is 1. The first kappa shape index (κ1) is 12.2. The zero-order chi connectivity index (χ0) is 12.0. The SMILES string of the molecule is C/C=C/CCNC(=O)c1cc(N)cnc1C. The summed E-state index contributed by atoms with van der Waals surface area (Å²) in [5.74, 6) is -0.123. The number of nitrogens with zero attached hydrogens (tertiary/aromatic N) is 1. The molecule has 1 rings (SSSR count). The van der Waals surface area contributed by atoms with Crippen LogP contribution in [0.2, 0.25) is 0 Å². The molecule has 86 valence electrons. The second-order valence-electron chi connectivity index (χ2n) is 3.52. The highest BCUT2D eigenvalue weighted by atomic mass is 16.1. The average molecular weight is 219 g/mol. The number of nitrogens with one attached hydrogen (secondary N) is 1. The van der Waals surface area contributed by atoms with Gasteiger partial charge in [-0.25, -0.2) is 0 Å². The minimum Gasteiger partial charge on any atom is -0.397 e. The maximum absolute atomic E-state index is 11.8. The van der Waals surface area contributed by atoms with Gasteiger partial charge in [-0.1, -0.05) is 12.2 Å². The third-order valence-corrected chi connectivity index (χ3v) is 2.18. The molecule has 1 heterocycles. The number of carbonyl (C=O) groups excluding carboxylic acids is 1. The van der Waals surface area contributed by atoms with Gasteiger partial charge in [-0.15, -0.1) is 0 Å². The molecule has 0 saturated carbocycles. The van der Waals surface area contributed by atoms with E-state index >= 15 is 0 Å². The fourth-order valence-electron chi connectivity index (χ4n) is 1.31. The van der Waals surface area contributed by atoms with Gasteiger partial charge in [-0.2, -0.15) is 0 Å². The van der Waals surface area contributed by atoms with Crippen molar-refractivity contribution in [3.63, 3.8) is 0 Å². The Morgan fingerprint density at radius 1 is 1.62 bits per heavy atom. The molecule has 0 aliphatic carbocycles. The lowest BCUT2D eigenvalue weighted by Crippen LogP contribution is -2.25. The molecule has 1 aromatic heterocycles. The number of allylic oxidation sites excluding steroid dienone is 1. The van der Waals surface area contributed by atoms with Gasteiger partial charge in [0.1, 0.15) is 0 Å². The highest BCUT2D eigenvalue weighted by Gasteiger charge is 2.09. The van der Waals surface area contributed by atoms with E-state index in [1.165, 1.54) is 0 Å². The van der Waals surface area contributed by atoms with E-state index in [0.717, 1.165) is 6.42 Å². The van der Waals surface area contributed by atoms with E-state index in [1.54, 1.807) is 19.2 Å². The van der Waals surface area contributed by atoms with Crippen molar-refractivity contribution in [2.45, 2.75) is 20.3 Å². The van der Waals surface area contributed by atoms with Crippen LogP contribution >= 0.6 is 0 Å². The van der Waals surface area contributed by atoms with Crippen molar-refractivity contribution >= 4 is 11.6 Å². The van der Waals surface area contributed by atoms with Gasteiger partial charge in [0, 0.05) is 6.54 Å². The molecule has 3 N–H and O–H groups in total. The van der Waals surface area contributed by atoms with Crippen LogP contribution < -0.4 is 11.1 Å². The molecule has 0 aliphatic rings. The Bertz CT molecular complexity index is 399. The van der Waals surface area contributed by atoms with Gasteiger partial charge in [0.15, 0.2) is 0 Å². The quantitative estimate of drug-likeness (QED) is 0.598. The molecule has 1 amide bonds. The Labute approximate surface area is 95.6 Å². The summed E-state index contributed by atoms with van der Waals surface area (Å²) in [4.78, 5) is 15.8. The Hall–Kier alpha value is -1.84. The van der Waals surface area contributed by atoms with Crippen molar-refractivity contribution in [2.75, 3.05) is 12.3 Å². The van der Waals surface area contributed by atoms with Gasteiger partial charge < -0.3 is 11.1 Å². The third-order valence-electron chi connectivity index (χ3n) is 2.18. The number of rotatable bonds is 4. The molecule has 0 bridgehead atoms. The van der Waals surface area contributed by atoms with E-state index in [1.807, 2.05) is 19.1 Å². The summed E-state index contributed by atoms with van der Waals surface area (Å²) in [5, 5.41) is 2.82. The maximum atomic E-state index is 11.8. The summed E-state index contributed by atoms with van der Waals surface area (Å²) in [6.07, 6.45) is 6.34. The first-order valence-electron chi connectivity index (χ1n) is 5.26. The van der Waals surface area contributed by atoms with Gasteiger partial charge in [0.2, 0.25) is 0 Å². The number of aromatic nitrogens is 1. The Balaban J connectivity index is 2.62. The largest absolute Gasteiger partial charge is 0.397 e. The predicted octanol–water partition coefficient (Wildman–Crippen LogP) is 1.67. The molecule has 1 aromatic rings. The van der Waals surface area contributed by atoms with Crippen molar-refractivity contribution in [1.82, 2.24) is 10.3 Å². The minimum absolute atomic E-state index is 0.123. The molecule has 4 nitrogen and oxygen atoms in total.